The third-order valence-electron chi connectivity index (χ3n) is 3.61. The Morgan fingerprint density at radius 2 is 1.81 bits per heavy atom. The van der Waals surface area contributed by atoms with Gasteiger partial charge in [-0.05, 0) is 30.5 Å². The number of benzene rings is 1. The van der Waals surface area contributed by atoms with E-state index >= 15 is 0 Å². The summed E-state index contributed by atoms with van der Waals surface area (Å²) in [6, 6.07) is 0.984. The van der Waals surface area contributed by atoms with Gasteiger partial charge in [-0.15, -0.1) is 12.4 Å². The first-order valence-corrected chi connectivity index (χ1v) is 7.48. The maximum atomic E-state index is 13.2. The van der Waals surface area contributed by atoms with Crippen LogP contribution in [0.1, 0.15) is 13.3 Å². The van der Waals surface area contributed by atoms with E-state index in [-0.39, 0.29) is 30.9 Å². The molecule has 1 aliphatic heterocycles. The standard InChI is InChI=1S/C12H15F3N2O2S.ClH/c1-12(6-16)2-3-17(7-12)20(18,19)8-4-9(13)11(15)10(14)5-8;/h4-5H,2-3,6-7,16H2,1H3;1H. The molecule has 1 heterocycles. The number of nitrogens with zero attached hydrogens (tertiary/aromatic N) is 1. The number of nitrogens with two attached hydrogens (primary N) is 1. The van der Waals surface area contributed by atoms with E-state index in [1.807, 2.05) is 6.92 Å². The van der Waals surface area contributed by atoms with Crippen molar-refractivity contribution in [1.29, 1.82) is 0 Å². The molecule has 0 spiro atoms. The van der Waals surface area contributed by atoms with Crippen LogP contribution in [0.15, 0.2) is 17.0 Å². The molecule has 0 aliphatic carbocycles. The fraction of sp³-hybridized carbons (Fsp3) is 0.500. The monoisotopic (exact) mass is 344 g/mol. The normalized spacial score (nSPS) is 23.1. The molecule has 1 unspecified atom stereocenters. The Bertz CT molecular complexity index is 618. The van der Waals surface area contributed by atoms with Gasteiger partial charge in [-0.1, -0.05) is 6.92 Å². The Morgan fingerprint density at radius 3 is 2.24 bits per heavy atom. The van der Waals surface area contributed by atoms with Gasteiger partial charge >= 0.3 is 0 Å². The zero-order valence-corrected chi connectivity index (χ0v) is 12.9. The van der Waals surface area contributed by atoms with Gasteiger partial charge < -0.3 is 5.73 Å². The quantitative estimate of drug-likeness (QED) is 0.852. The summed E-state index contributed by atoms with van der Waals surface area (Å²) in [4.78, 5) is -0.588. The smallest absolute Gasteiger partial charge is 0.243 e. The van der Waals surface area contributed by atoms with Gasteiger partial charge in [0.15, 0.2) is 17.5 Å². The summed E-state index contributed by atoms with van der Waals surface area (Å²) in [5.74, 6) is -4.73. The average molecular weight is 345 g/mol. The first-order chi connectivity index (χ1) is 9.19. The summed E-state index contributed by atoms with van der Waals surface area (Å²) in [6.45, 7) is 2.54. The van der Waals surface area contributed by atoms with Crippen LogP contribution in [0, 0.1) is 22.9 Å². The highest BCUT2D eigenvalue weighted by Crippen LogP contribution is 2.33. The lowest BCUT2D eigenvalue weighted by Gasteiger charge is -2.22. The van der Waals surface area contributed by atoms with Crippen LogP contribution in [0.5, 0.6) is 0 Å². The molecule has 1 aromatic carbocycles. The minimum Gasteiger partial charge on any atom is -0.330 e. The third kappa shape index (κ3) is 3.33. The largest absolute Gasteiger partial charge is 0.330 e. The number of rotatable bonds is 3. The molecule has 4 nitrogen and oxygen atoms in total. The molecule has 0 saturated carbocycles. The summed E-state index contributed by atoms with van der Waals surface area (Å²) in [5.41, 5.74) is 5.23. The second-order valence-corrected chi connectivity index (χ2v) is 7.24. The highest BCUT2D eigenvalue weighted by atomic mass is 35.5. The molecule has 1 atom stereocenters. The summed E-state index contributed by atoms with van der Waals surface area (Å²) in [7, 11) is -4.05. The predicted molar refractivity (Wildman–Crippen MR) is 74.1 cm³/mol. The van der Waals surface area contributed by atoms with Crippen LogP contribution in [-0.4, -0.2) is 32.4 Å². The minimum absolute atomic E-state index is 0. The summed E-state index contributed by atoms with van der Waals surface area (Å²) in [5, 5.41) is 0. The van der Waals surface area contributed by atoms with Gasteiger partial charge in [-0.3, -0.25) is 0 Å². The molecule has 0 aromatic heterocycles. The molecule has 0 amide bonds. The zero-order chi connectivity index (χ0) is 15.1. The number of sulfonamides is 1. The van der Waals surface area contributed by atoms with Crippen molar-refractivity contribution < 1.29 is 21.6 Å². The van der Waals surface area contributed by atoms with Crippen molar-refractivity contribution in [1.82, 2.24) is 4.31 Å². The first-order valence-electron chi connectivity index (χ1n) is 6.04. The summed E-state index contributed by atoms with van der Waals surface area (Å²) < 4.78 is 64.9. The fourth-order valence-corrected chi connectivity index (χ4v) is 3.80. The summed E-state index contributed by atoms with van der Waals surface area (Å²) in [6.07, 6.45) is 0.564. The van der Waals surface area contributed by atoms with E-state index < -0.39 is 32.4 Å². The molecule has 21 heavy (non-hydrogen) atoms. The average Bonchev–Trinajstić information content (AvgIpc) is 2.79. The van der Waals surface area contributed by atoms with E-state index in [9.17, 15) is 21.6 Å². The van der Waals surface area contributed by atoms with Gasteiger partial charge in [0.05, 0.1) is 4.90 Å². The van der Waals surface area contributed by atoms with Gasteiger partial charge in [0.1, 0.15) is 0 Å². The van der Waals surface area contributed by atoms with Crippen molar-refractivity contribution in [3.05, 3.63) is 29.6 Å². The van der Waals surface area contributed by atoms with E-state index in [4.69, 9.17) is 5.73 Å². The van der Waals surface area contributed by atoms with E-state index in [1.165, 1.54) is 0 Å². The van der Waals surface area contributed by atoms with Gasteiger partial charge in [-0.2, -0.15) is 4.31 Å². The highest BCUT2D eigenvalue weighted by Gasteiger charge is 2.39. The maximum absolute atomic E-state index is 13.2. The first kappa shape index (κ1) is 18.2. The van der Waals surface area contributed by atoms with E-state index in [1.54, 1.807) is 0 Å². The Morgan fingerprint density at radius 1 is 1.29 bits per heavy atom. The molecule has 9 heteroatoms. The summed E-state index contributed by atoms with van der Waals surface area (Å²) >= 11 is 0. The second-order valence-electron chi connectivity index (χ2n) is 5.30. The Labute approximate surface area is 127 Å². The van der Waals surface area contributed by atoms with Crippen LogP contribution in [0.2, 0.25) is 0 Å². The van der Waals surface area contributed by atoms with Crippen molar-refractivity contribution in [2.75, 3.05) is 19.6 Å². The Kier molecular flexibility index (Phi) is 5.31. The molecule has 1 aromatic rings. The molecule has 2 N–H and O–H groups in total. The van der Waals surface area contributed by atoms with Crippen molar-refractivity contribution in [3.63, 3.8) is 0 Å². The minimum atomic E-state index is -4.05. The second kappa shape index (κ2) is 6.12. The van der Waals surface area contributed by atoms with Crippen molar-refractivity contribution in [2.45, 2.75) is 18.2 Å². The molecule has 0 bridgehead atoms. The molecule has 0 radical (unpaired) electrons. The zero-order valence-electron chi connectivity index (χ0n) is 11.3. The van der Waals surface area contributed by atoms with Crippen molar-refractivity contribution >= 4 is 22.4 Å². The lowest BCUT2D eigenvalue weighted by Crippen LogP contribution is -2.34. The van der Waals surface area contributed by atoms with Crippen molar-refractivity contribution in [2.24, 2.45) is 11.1 Å². The molecule has 120 valence electrons. The van der Waals surface area contributed by atoms with Crippen LogP contribution < -0.4 is 5.73 Å². The van der Waals surface area contributed by atoms with Crippen LogP contribution in [0.3, 0.4) is 0 Å². The van der Waals surface area contributed by atoms with Gasteiger partial charge in [0.2, 0.25) is 10.0 Å². The van der Waals surface area contributed by atoms with Crippen molar-refractivity contribution in [3.8, 4) is 0 Å². The molecule has 1 fully saturated rings. The lowest BCUT2D eigenvalue weighted by atomic mass is 9.90. The van der Waals surface area contributed by atoms with Crippen LogP contribution in [0.25, 0.3) is 0 Å². The van der Waals surface area contributed by atoms with E-state index in [2.05, 4.69) is 0 Å². The number of halogens is 4. The fourth-order valence-electron chi connectivity index (χ4n) is 2.18. The van der Waals surface area contributed by atoms with Gasteiger partial charge in [0, 0.05) is 13.1 Å². The lowest BCUT2D eigenvalue weighted by molar-refractivity contribution is 0.349. The SMILES string of the molecule is CC1(CN)CCN(S(=O)(=O)c2cc(F)c(F)c(F)c2)C1.Cl. The Hall–Kier alpha value is -0.830. The molecular weight excluding hydrogens is 329 g/mol. The van der Waals surface area contributed by atoms with Gasteiger partial charge in [0.25, 0.3) is 0 Å². The molecule has 2 rings (SSSR count). The molecule has 1 aliphatic rings. The molecular formula is C12H16ClF3N2O2S. The van der Waals surface area contributed by atoms with Crippen LogP contribution >= 0.6 is 12.4 Å². The van der Waals surface area contributed by atoms with Crippen LogP contribution in [0.4, 0.5) is 13.2 Å². The van der Waals surface area contributed by atoms with Crippen LogP contribution in [-0.2, 0) is 10.0 Å². The Balaban J connectivity index is 0.00000220. The highest BCUT2D eigenvalue weighted by molar-refractivity contribution is 7.89. The number of hydrogen-bond acceptors (Lipinski definition) is 3. The topological polar surface area (TPSA) is 63.4 Å². The predicted octanol–water partition coefficient (Wildman–Crippen LogP) is 1.89. The van der Waals surface area contributed by atoms with E-state index in [0.29, 0.717) is 25.1 Å². The van der Waals surface area contributed by atoms with E-state index in [0.717, 1.165) is 4.31 Å². The van der Waals surface area contributed by atoms with Gasteiger partial charge in [-0.25, -0.2) is 21.6 Å². The number of hydrogen-bond donors (Lipinski definition) is 1. The maximum Gasteiger partial charge on any atom is 0.243 e. The molecule has 1 saturated heterocycles. The third-order valence-corrected chi connectivity index (χ3v) is 5.43.